The monoisotopic (exact) mass is 440 g/mol. The minimum absolute atomic E-state index is 0. The second-order valence-corrected chi connectivity index (χ2v) is 8.62. The molecule has 0 nitrogen and oxygen atoms in total. The summed E-state index contributed by atoms with van der Waals surface area (Å²) in [4.78, 5) is 0. The van der Waals surface area contributed by atoms with Crippen molar-refractivity contribution in [3.8, 4) is 0 Å². The smallest absolute Gasteiger partial charge is 0.0398 e. The Morgan fingerprint density at radius 1 is 0.212 bits per heavy atom. The van der Waals surface area contributed by atoms with Gasteiger partial charge in [0.05, 0.1) is 0 Å². The van der Waals surface area contributed by atoms with Crippen molar-refractivity contribution in [2.45, 2.75) is 62.8 Å². The van der Waals surface area contributed by atoms with E-state index < -0.39 is 0 Å². The molecule has 0 heteroatoms. The third kappa shape index (κ3) is 15.3. The lowest BCUT2D eigenvalue weighted by Gasteiger charge is -1.90. The second-order valence-electron chi connectivity index (χ2n) is 8.62. The van der Waals surface area contributed by atoms with Crippen molar-refractivity contribution < 1.29 is 0 Å². The first-order chi connectivity index (χ1) is 15.2. The molecule has 0 radical (unpaired) electrons. The molecule has 4 aromatic carbocycles. The van der Waals surface area contributed by atoms with Crippen LogP contribution in [0.5, 0.6) is 0 Å². The van der Waals surface area contributed by atoms with Crippen molar-refractivity contribution in [1.29, 1.82) is 0 Å². The molecule has 4 rings (SSSR count). The highest BCUT2D eigenvalue weighted by molar-refractivity contribution is 5.21. The lowest BCUT2D eigenvalue weighted by molar-refractivity contribution is 1.40. The van der Waals surface area contributed by atoms with Crippen LogP contribution in [0.3, 0.4) is 0 Å². The summed E-state index contributed by atoms with van der Waals surface area (Å²) in [7, 11) is 0. The Morgan fingerprint density at radius 3 is 0.333 bits per heavy atom. The highest BCUT2D eigenvalue weighted by Crippen LogP contribution is 2.01. The van der Waals surface area contributed by atoms with Gasteiger partial charge in [0.25, 0.3) is 0 Å². The van der Waals surface area contributed by atoms with Gasteiger partial charge in [-0.15, -0.1) is 0 Å². The van der Waals surface area contributed by atoms with Crippen LogP contribution in [0.1, 0.15) is 51.9 Å². The average Bonchev–Trinajstić information content (AvgIpc) is 2.78. The summed E-state index contributed by atoms with van der Waals surface area (Å²) in [6, 6.07) is 33.9. The summed E-state index contributed by atoms with van der Waals surface area (Å²) in [6.45, 7) is 16.8. The van der Waals surface area contributed by atoms with Crippen LogP contribution in [0.15, 0.2) is 97.1 Å². The van der Waals surface area contributed by atoms with Gasteiger partial charge < -0.3 is 0 Å². The maximum absolute atomic E-state index is 2.12. The molecule has 176 valence electrons. The van der Waals surface area contributed by atoms with Gasteiger partial charge in [-0.25, -0.2) is 0 Å². The fourth-order valence-electron chi connectivity index (χ4n) is 2.55. The van der Waals surface area contributed by atoms with Crippen LogP contribution in [-0.4, -0.2) is 0 Å². The molecule has 0 heterocycles. The topological polar surface area (TPSA) is 0 Å². The van der Waals surface area contributed by atoms with Gasteiger partial charge in [-0.05, 0) is 55.4 Å². The fourth-order valence-corrected chi connectivity index (χ4v) is 2.55. The Hall–Kier alpha value is -3.12. The van der Waals surface area contributed by atoms with Crippen molar-refractivity contribution in [3.63, 3.8) is 0 Å². The summed E-state index contributed by atoms with van der Waals surface area (Å²) in [5.74, 6) is 0. The molecule has 0 aliphatic carbocycles. The van der Waals surface area contributed by atoms with Crippen molar-refractivity contribution in [2.75, 3.05) is 0 Å². The molecule has 0 spiro atoms. The quantitative estimate of drug-likeness (QED) is 0.255. The van der Waals surface area contributed by atoms with Crippen molar-refractivity contribution in [1.82, 2.24) is 0 Å². The Balaban J connectivity index is 0.000000410. The number of rotatable bonds is 0. The van der Waals surface area contributed by atoms with Gasteiger partial charge in [0.2, 0.25) is 0 Å². The molecule has 0 aromatic heterocycles. The average molecular weight is 441 g/mol. The van der Waals surface area contributed by atoms with E-state index in [0.29, 0.717) is 0 Å². The van der Waals surface area contributed by atoms with E-state index in [9.17, 15) is 0 Å². The largest absolute Gasteiger partial charge is 0.0776 e. The van der Waals surface area contributed by atoms with Crippen molar-refractivity contribution in [3.05, 3.63) is 142 Å². The SMILES string of the molecule is C.Cc1ccc(C)cc1.Cc1ccc(C)cc1.Cc1ccc(C)cc1.Cc1ccc(C)cc1. The van der Waals surface area contributed by atoms with Crippen LogP contribution in [-0.2, 0) is 0 Å². The predicted octanol–water partition coefficient (Wildman–Crippen LogP) is 9.85. The lowest BCUT2D eigenvalue weighted by Crippen LogP contribution is -1.70. The molecule has 0 amide bonds. The van der Waals surface area contributed by atoms with E-state index in [0.717, 1.165) is 0 Å². The first-order valence-corrected chi connectivity index (χ1v) is 11.3. The standard InChI is InChI=1S/4C8H10.CH4/c4*1-7-3-5-8(2)6-4-7;/h4*3-6H,1-2H3;1H4. The van der Waals surface area contributed by atoms with Crippen molar-refractivity contribution in [2.24, 2.45) is 0 Å². The maximum atomic E-state index is 2.12. The molecule has 0 saturated heterocycles. The second kappa shape index (κ2) is 16.5. The van der Waals surface area contributed by atoms with Crippen LogP contribution in [0.2, 0.25) is 0 Å². The highest BCUT2D eigenvalue weighted by atomic mass is 13.9. The summed E-state index contributed by atoms with van der Waals surface area (Å²) < 4.78 is 0. The summed E-state index contributed by atoms with van der Waals surface area (Å²) in [5, 5.41) is 0. The number of benzene rings is 4. The van der Waals surface area contributed by atoms with Gasteiger partial charge in [-0.3, -0.25) is 0 Å². The first kappa shape index (κ1) is 29.9. The summed E-state index contributed by atoms with van der Waals surface area (Å²) in [5.41, 5.74) is 10.6. The van der Waals surface area contributed by atoms with Crippen LogP contribution in [0.4, 0.5) is 0 Å². The molecule has 0 atom stereocenters. The Kier molecular flexibility index (Phi) is 14.9. The minimum atomic E-state index is 0. The molecule has 0 N–H and O–H groups in total. The Labute approximate surface area is 204 Å². The maximum Gasteiger partial charge on any atom is -0.0398 e. The molecule has 0 saturated carbocycles. The van der Waals surface area contributed by atoms with Crippen LogP contribution in [0, 0.1) is 55.4 Å². The molecule has 33 heavy (non-hydrogen) atoms. The fraction of sp³-hybridized carbons (Fsp3) is 0.273. The predicted molar refractivity (Wildman–Crippen MR) is 150 cm³/mol. The molecule has 0 unspecified atom stereocenters. The molecule has 4 aromatic rings. The molecule has 0 aliphatic heterocycles. The highest BCUT2D eigenvalue weighted by Gasteiger charge is 1.82. The first-order valence-electron chi connectivity index (χ1n) is 11.3. The summed E-state index contributed by atoms with van der Waals surface area (Å²) in [6.07, 6.45) is 0. The van der Waals surface area contributed by atoms with E-state index in [-0.39, 0.29) is 7.43 Å². The zero-order valence-electron chi connectivity index (χ0n) is 21.2. The molecule has 0 fully saturated rings. The zero-order valence-corrected chi connectivity index (χ0v) is 21.2. The van der Waals surface area contributed by atoms with Crippen LogP contribution >= 0.6 is 0 Å². The Bertz CT molecular complexity index is 730. The Morgan fingerprint density at radius 2 is 0.273 bits per heavy atom. The van der Waals surface area contributed by atoms with Gasteiger partial charge in [0.1, 0.15) is 0 Å². The van der Waals surface area contributed by atoms with Crippen molar-refractivity contribution >= 4 is 0 Å². The number of aryl methyl sites for hydroxylation is 8. The van der Waals surface area contributed by atoms with E-state index >= 15 is 0 Å². The third-order valence-electron chi connectivity index (χ3n) is 4.87. The number of hydrogen-bond donors (Lipinski definition) is 0. The van der Waals surface area contributed by atoms with E-state index in [1.807, 2.05) is 0 Å². The van der Waals surface area contributed by atoms with E-state index in [1.165, 1.54) is 44.5 Å². The van der Waals surface area contributed by atoms with E-state index in [2.05, 4.69) is 152 Å². The van der Waals surface area contributed by atoms with E-state index in [4.69, 9.17) is 0 Å². The third-order valence-corrected chi connectivity index (χ3v) is 4.87. The summed E-state index contributed by atoms with van der Waals surface area (Å²) >= 11 is 0. The van der Waals surface area contributed by atoms with Gasteiger partial charge in [0.15, 0.2) is 0 Å². The molecular formula is C33H44. The van der Waals surface area contributed by atoms with Crippen LogP contribution < -0.4 is 0 Å². The molecular weight excluding hydrogens is 396 g/mol. The molecule has 0 bridgehead atoms. The van der Waals surface area contributed by atoms with E-state index in [1.54, 1.807) is 0 Å². The van der Waals surface area contributed by atoms with Gasteiger partial charge >= 0.3 is 0 Å². The van der Waals surface area contributed by atoms with Gasteiger partial charge in [0, 0.05) is 0 Å². The molecule has 0 aliphatic rings. The normalized spacial score (nSPS) is 8.97. The number of hydrogen-bond acceptors (Lipinski definition) is 0. The van der Waals surface area contributed by atoms with Crippen LogP contribution in [0.25, 0.3) is 0 Å². The minimum Gasteiger partial charge on any atom is -0.0776 e. The van der Waals surface area contributed by atoms with Gasteiger partial charge in [-0.1, -0.05) is 149 Å². The van der Waals surface area contributed by atoms with Gasteiger partial charge in [-0.2, -0.15) is 0 Å². The zero-order chi connectivity index (χ0) is 23.9. The lowest BCUT2D eigenvalue weighted by atomic mass is 10.2.